The van der Waals surface area contributed by atoms with E-state index in [1.807, 2.05) is 61.6 Å². The van der Waals surface area contributed by atoms with E-state index in [4.69, 9.17) is 0 Å². The van der Waals surface area contributed by atoms with Gasteiger partial charge in [-0.15, -0.1) is 0 Å². The average Bonchev–Trinajstić information content (AvgIpc) is 2.75. The van der Waals surface area contributed by atoms with Crippen molar-refractivity contribution in [2.45, 2.75) is 0 Å². The van der Waals surface area contributed by atoms with Gasteiger partial charge in [0.15, 0.2) is 0 Å². The van der Waals surface area contributed by atoms with Gasteiger partial charge < -0.3 is 4.57 Å². The summed E-state index contributed by atoms with van der Waals surface area (Å²) in [6.07, 6.45) is 0. The Bertz CT molecular complexity index is 1370. The summed E-state index contributed by atoms with van der Waals surface area (Å²) in [6.45, 7) is 0. The maximum atomic E-state index is 13.5. The third-order valence-electron chi connectivity index (χ3n) is 5.37. The molecular formula is C26H19NO. The highest BCUT2D eigenvalue weighted by molar-refractivity contribution is 6.09. The van der Waals surface area contributed by atoms with E-state index in [1.165, 1.54) is 5.39 Å². The van der Waals surface area contributed by atoms with Crippen LogP contribution in [0.4, 0.5) is 0 Å². The van der Waals surface area contributed by atoms with Crippen molar-refractivity contribution in [2.24, 2.45) is 7.05 Å². The quantitative estimate of drug-likeness (QED) is 0.352. The second-order valence-electron chi connectivity index (χ2n) is 7.06. The molecule has 0 aliphatic rings. The second-order valence-corrected chi connectivity index (χ2v) is 7.06. The van der Waals surface area contributed by atoms with Crippen molar-refractivity contribution in [3.63, 3.8) is 0 Å². The Kier molecular flexibility index (Phi) is 3.84. The fraction of sp³-hybridized carbons (Fsp3) is 0.0385. The van der Waals surface area contributed by atoms with Gasteiger partial charge in [-0.05, 0) is 39.4 Å². The van der Waals surface area contributed by atoms with Crippen LogP contribution in [-0.2, 0) is 7.05 Å². The maximum Gasteiger partial charge on any atom is 0.259 e. The van der Waals surface area contributed by atoms with Crippen LogP contribution in [0.2, 0.25) is 0 Å². The van der Waals surface area contributed by atoms with Crippen LogP contribution in [0, 0.1) is 0 Å². The first-order chi connectivity index (χ1) is 13.7. The predicted octanol–water partition coefficient (Wildman–Crippen LogP) is 6.03. The molecule has 0 saturated heterocycles. The number of benzene rings is 4. The van der Waals surface area contributed by atoms with Gasteiger partial charge in [0.2, 0.25) is 0 Å². The summed E-state index contributed by atoms with van der Waals surface area (Å²) < 4.78 is 1.79. The Balaban J connectivity index is 2.01. The van der Waals surface area contributed by atoms with Crippen molar-refractivity contribution in [2.75, 3.05) is 0 Å². The van der Waals surface area contributed by atoms with Crippen LogP contribution in [0.25, 0.3) is 43.9 Å². The van der Waals surface area contributed by atoms with Gasteiger partial charge in [-0.1, -0.05) is 84.9 Å². The molecule has 1 heterocycles. The predicted molar refractivity (Wildman–Crippen MR) is 118 cm³/mol. The van der Waals surface area contributed by atoms with Gasteiger partial charge in [0, 0.05) is 12.4 Å². The van der Waals surface area contributed by atoms with Crippen LogP contribution in [0.15, 0.2) is 102 Å². The molecule has 134 valence electrons. The standard InChI is InChI=1S/C26H19NO/c1-27-25(19-12-6-3-7-13-19)23-17-21-15-9-8-14-20(21)16-22(23)24(26(27)28)18-10-4-2-5-11-18/h2-17H,1H3. The van der Waals surface area contributed by atoms with Crippen molar-refractivity contribution >= 4 is 21.5 Å². The summed E-state index contributed by atoms with van der Waals surface area (Å²) in [4.78, 5) is 13.5. The molecule has 0 amide bonds. The van der Waals surface area contributed by atoms with Crippen molar-refractivity contribution < 1.29 is 0 Å². The van der Waals surface area contributed by atoms with Crippen molar-refractivity contribution in [1.82, 2.24) is 4.57 Å². The van der Waals surface area contributed by atoms with Crippen LogP contribution in [0.1, 0.15) is 0 Å². The Morgan fingerprint density at radius 1 is 0.607 bits per heavy atom. The van der Waals surface area contributed by atoms with E-state index >= 15 is 0 Å². The smallest absolute Gasteiger partial charge is 0.259 e. The lowest BCUT2D eigenvalue weighted by Crippen LogP contribution is -2.21. The average molecular weight is 361 g/mol. The first kappa shape index (κ1) is 16.5. The van der Waals surface area contributed by atoms with Gasteiger partial charge >= 0.3 is 0 Å². The molecule has 5 rings (SSSR count). The molecule has 0 radical (unpaired) electrons. The van der Waals surface area contributed by atoms with Crippen molar-refractivity contribution in [3.05, 3.63) is 107 Å². The van der Waals surface area contributed by atoms with E-state index in [0.717, 1.165) is 38.5 Å². The summed E-state index contributed by atoms with van der Waals surface area (Å²) in [7, 11) is 1.87. The van der Waals surface area contributed by atoms with E-state index in [0.29, 0.717) is 0 Å². The molecule has 0 unspecified atom stereocenters. The number of hydrogen-bond acceptors (Lipinski definition) is 1. The highest BCUT2D eigenvalue weighted by Crippen LogP contribution is 2.35. The molecule has 2 nitrogen and oxygen atoms in total. The Labute approximate surface area is 163 Å². The molecule has 28 heavy (non-hydrogen) atoms. The van der Waals surface area contributed by atoms with Crippen LogP contribution >= 0.6 is 0 Å². The fourth-order valence-electron chi connectivity index (χ4n) is 4.04. The lowest BCUT2D eigenvalue weighted by Gasteiger charge is -2.17. The summed E-state index contributed by atoms with van der Waals surface area (Å²) in [5, 5.41) is 4.39. The number of pyridine rings is 1. The third kappa shape index (κ3) is 2.54. The molecule has 4 aromatic carbocycles. The van der Waals surface area contributed by atoms with E-state index < -0.39 is 0 Å². The molecule has 0 spiro atoms. The van der Waals surface area contributed by atoms with Crippen LogP contribution < -0.4 is 5.56 Å². The lowest BCUT2D eigenvalue weighted by atomic mass is 9.93. The molecule has 0 aliphatic carbocycles. The van der Waals surface area contributed by atoms with Gasteiger partial charge in [-0.2, -0.15) is 0 Å². The normalized spacial score (nSPS) is 11.2. The van der Waals surface area contributed by atoms with Gasteiger partial charge in [-0.25, -0.2) is 0 Å². The Hall–Kier alpha value is -3.65. The monoisotopic (exact) mass is 361 g/mol. The first-order valence-corrected chi connectivity index (χ1v) is 9.40. The SMILES string of the molecule is Cn1c(-c2ccccc2)c2cc3ccccc3cc2c(-c2ccccc2)c1=O. The summed E-state index contributed by atoms with van der Waals surface area (Å²) >= 11 is 0. The zero-order valence-electron chi connectivity index (χ0n) is 15.6. The van der Waals surface area contributed by atoms with Gasteiger partial charge in [-0.3, -0.25) is 4.79 Å². The number of aromatic nitrogens is 1. The highest BCUT2D eigenvalue weighted by atomic mass is 16.1. The van der Waals surface area contributed by atoms with Crippen LogP contribution in [0.5, 0.6) is 0 Å². The summed E-state index contributed by atoms with van der Waals surface area (Å²) in [5.41, 5.74) is 3.72. The van der Waals surface area contributed by atoms with Crippen LogP contribution in [0.3, 0.4) is 0 Å². The molecule has 2 heteroatoms. The largest absolute Gasteiger partial charge is 0.310 e. The topological polar surface area (TPSA) is 22.0 Å². The van der Waals surface area contributed by atoms with E-state index in [1.54, 1.807) is 4.57 Å². The Morgan fingerprint density at radius 2 is 1.11 bits per heavy atom. The lowest BCUT2D eigenvalue weighted by molar-refractivity contribution is 0.882. The zero-order chi connectivity index (χ0) is 19.1. The molecule has 5 aromatic rings. The number of nitrogens with zero attached hydrogens (tertiary/aromatic N) is 1. The third-order valence-corrected chi connectivity index (χ3v) is 5.37. The fourth-order valence-corrected chi connectivity index (χ4v) is 4.04. The van der Waals surface area contributed by atoms with Gasteiger partial charge in [0.25, 0.3) is 5.56 Å². The van der Waals surface area contributed by atoms with E-state index in [2.05, 4.69) is 42.5 Å². The van der Waals surface area contributed by atoms with Gasteiger partial charge in [0.1, 0.15) is 0 Å². The Morgan fingerprint density at radius 3 is 1.71 bits per heavy atom. The second kappa shape index (κ2) is 6.50. The first-order valence-electron chi connectivity index (χ1n) is 9.40. The minimum atomic E-state index is 0.0211. The number of fused-ring (bicyclic) bond motifs is 2. The zero-order valence-corrected chi connectivity index (χ0v) is 15.6. The number of hydrogen-bond donors (Lipinski definition) is 0. The maximum absolute atomic E-state index is 13.5. The molecule has 1 aromatic heterocycles. The summed E-state index contributed by atoms with van der Waals surface area (Å²) in [6, 6.07) is 32.8. The highest BCUT2D eigenvalue weighted by Gasteiger charge is 2.17. The number of rotatable bonds is 2. The molecule has 0 fully saturated rings. The van der Waals surface area contributed by atoms with E-state index in [-0.39, 0.29) is 5.56 Å². The summed E-state index contributed by atoms with van der Waals surface area (Å²) in [5.74, 6) is 0. The molecular weight excluding hydrogens is 342 g/mol. The molecule has 0 aliphatic heterocycles. The molecule has 0 N–H and O–H groups in total. The molecule has 0 atom stereocenters. The van der Waals surface area contributed by atoms with Crippen molar-refractivity contribution in [3.8, 4) is 22.4 Å². The van der Waals surface area contributed by atoms with Crippen molar-refractivity contribution in [1.29, 1.82) is 0 Å². The minimum absolute atomic E-state index is 0.0211. The molecule has 0 saturated carbocycles. The van der Waals surface area contributed by atoms with Gasteiger partial charge in [0.05, 0.1) is 11.3 Å². The van der Waals surface area contributed by atoms with Crippen LogP contribution in [-0.4, -0.2) is 4.57 Å². The van der Waals surface area contributed by atoms with E-state index in [9.17, 15) is 4.79 Å². The molecule has 0 bridgehead atoms. The minimum Gasteiger partial charge on any atom is -0.310 e.